The van der Waals surface area contributed by atoms with E-state index < -0.39 is 17.2 Å². The van der Waals surface area contributed by atoms with Crippen molar-refractivity contribution in [3.05, 3.63) is 59.7 Å². The van der Waals surface area contributed by atoms with Crippen LogP contribution in [0.1, 0.15) is 56.1 Å². The van der Waals surface area contributed by atoms with Gasteiger partial charge in [0.25, 0.3) is 0 Å². The molecule has 0 bridgehead atoms. The number of rotatable bonds is 4. The molecule has 4 rings (SSSR count). The number of hydrogen-bond donors (Lipinski definition) is 1. The van der Waals surface area contributed by atoms with Gasteiger partial charge < -0.3 is 19.9 Å². The maximum absolute atomic E-state index is 13.3. The highest BCUT2D eigenvalue weighted by Crippen LogP contribution is 2.38. The van der Waals surface area contributed by atoms with Gasteiger partial charge in [-0.25, -0.2) is 0 Å². The van der Waals surface area contributed by atoms with E-state index in [1.807, 2.05) is 18.2 Å². The number of nitrogens with one attached hydrogen (secondary N) is 1. The molecule has 2 aromatic carbocycles. The van der Waals surface area contributed by atoms with Gasteiger partial charge in [0.1, 0.15) is 12.4 Å². The van der Waals surface area contributed by atoms with E-state index in [2.05, 4.69) is 11.4 Å². The van der Waals surface area contributed by atoms with Crippen molar-refractivity contribution in [2.45, 2.75) is 57.5 Å². The van der Waals surface area contributed by atoms with Gasteiger partial charge in [0.2, 0.25) is 11.8 Å². The second-order valence-corrected chi connectivity index (χ2v) is 10.7. The summed E-state index contributed by atoms with van der Waals surface area (Å²) < 4.78 is 45.1. The van der Waals surface area contributed by atoms with Crippen molar-refractivity contribution < 1.29 is 27.5 Å². The first-order chi connectivity index (χ1) is 18.7. The molecule has 39 heavy (non-hydrogen) atoms. The van der Waals surface area contributed by atoms with Crippen molar-refractivity contribution in [2.75, 3.05) is 44.7 Å². The van der Waals surface area contributed by atoms with Crippen molar-refractivity contribution in [3.8, 4) is 5.75 Å². The van der Waals surface area contributed by atoms with E-state index in [4.69, 9.17) is 4.74 Å². The number of likely N-dealkylation sites (tertiary alicyclic amines) is 1. The molecule has 2 amide bonds. The zero-order valence-electron chi connectivity index (χ0n) is 22.6. The van der Waals surface area contributed by atoms with Crippen molar-refractivity contribution in [1.82, 2.24) is 10.2 Å². The summed E-state index contributed by atoms with van der Waals surface area (Å²) in [5, 5.41) is 3.08. The molecule has 0 radical (unpaired) electrons. The van der Waals surface area contributed by atoms with Crippen LogP contribution in [0.3, 0.4) is 0 Å². The van der Waals surface area contributed by atoms with Crippen molar-refractivity contribution >= 4 is 17.5 Å². The second kappa shape index (κ2) is 12.7. The SMILES string of the molecule is CN(CCC(=O)N1CCC2(CCCCCc3ccccc3OCCNC2=O)CC1)c1cccc(C(F)(F)F)c1. The maximum atomic E-state index is 13.3. The van der Waals surface area contributed by atoms with E-state index in [1.165, 1.54) is 11.6 Å². The van der Waals surface area contributed by atoms with Gasteiger partial charge in [-0.1, -0.05) is 37.1 Å². The molecule has 0 saturated carbocycles. The van der Waals surface area contributed by atoms with Crippen LogP contribution in [0.2, 0.25) is 0 Å². The molecule has 1 spiro atoms. The number of carbonyl (C=O) groups excluding carboxylic acids is 2. The van der Waals surface area contributed by atoms with Crippen LogP contribution >= 0.6 is 0 Å². The number of anilines is 1. The molecule has 0 aromatic heterocycles. The molecule has 9 heteroatoms. The van der Waals surface area contributed by atoms with E-state index in [9.17, 15) is 22.8 Å². The highest BCUT2D eigenvalue weighted by molar-refractivity contribution is 5.83. The Bertz CT molecular complexity index is 1130. The predicted molar refractivity (Wildman–Crippen MR) is 145 cm³/mol. The predicted octanol–water partition coefficient (Wildman–Crippen LogP) is 5.45. The standard InChI is InChI=1S/C30H38F3N3O3/c1-35(25-11-7-10-24(22-25)30(31,32)33)18-13-27(37)36-19-15-29(16-20-36)14-6-2-3-8-23-9-4-5-12-26(23)39-21-17-34-28(29)38/h4-5,7,9-12,22H,2-3,6,8,13-21H2,1H3,(H,34,38). The third kappa shape index (κ3) is 7.46. The summed E-state index contributed by atoms with van der Waals surface area (Å²) in [4.78, 5) is 29.8. The van der Waals surface area contributed by atoms with Crippen molar-refractivity contribution in [2.24, 2.45) is 5.41 Å². The number of hydrogen-bond acceptors (Lipinski definition) is 4. The number of fused-ring (bicyclic) bond motifs is 1. The number of nitrogens with zero attached hydrogens (tertiary/aromatic N) is 2. The fourth-order valence-electron chi connectivity index (χ4n) is 5.56. The highest BCUT2D eigenvalue weighted by atomic mass is 19.4. The van der Waals surface area contributed by atoms with E-state index >= 15 is 0 Å². The first-order valence-electron chi connectivity index (χ1n) is 13.8. The molecule has 2 heterocycles. The number of amides is 2. The average Bonchev–Trinajstić information content (AvgIpc) is 2.94. The Morgan fingerprint density at radius 2 is 1.82 bits per heavy atom. The summed E-state index contributed by atoms with van der Waals surface area (Å²) in [7, 11) is 1.69. The average molecular weight is 546 g/mol. The lowest BCUT2D eigenvalue weighted by Crippen LogP contribution is -2.51. The minimum atomic E-state index is -4.41. The van der Waals surface area contributed by atoms with Crippen LogP contribution in [0, 0.1) is 5.41 Å². The molecule has 1 N–H and O–H groups in total. The smallest absolute Gasteiger partial charge is 0.416 e. The number of alkyl halides is 3. The summed E-state index contributed by atoms with van der Waals surface area (Å²) >= 11 is 0. The van der Waals surface area contributed by atoms with E-state index in [-0.39, 0.29) is 18.2 Å². The van der Waals surface area contributed by atoms with Crippen LogP contribution in [0.4, 0.5) is 18.9 Å². The molecule has 2 aliphatic heterocycles. The topological polar surface area (TPSA) is 61.9 Å². The third-order valence-electron chi connectivity index (χ3n) is 8.05. The van der Waals surface area contributed by atoms with Gasteiger partial charge in [-0.3, -0.25) is 9.59 Å². The Balaban J connectivity index is 1.30. The van der Waals surface area contributed by atoms with E-state index in [1.54, 1.807) is 22.9 Å². The largest absolute Gasteiger partial charge is 0.491 e. The molecule has 0 aliphatic carbocycles. The summed E-state index contributed by atoms with van der Waals surface area (Å²) in [6, 6.07) is 13.2. The molecular formula is C30H38F3N3O3. The fourth-order valence-corrected chi connectivity index (χ4v) is 5.56. The number of aryl methyl sites for hydroxylation is 1. The Kier molecular flexibility index (Phi) is 9.40. The fraction of sp³-hybridized carbons (Fsp3) is 0.533. The molecule has 2 aromatic rings. The normalized spacial score (nSPS) is 18.6. The lowest BCUT2D eigenvalue weighted by Gasteiger charge is -2.41. The Morgan fingerprint density at radius 3 is 2.59 bits per heavy atom. The molecule has 212 valence electrons. The molecule has 1 saturated heterocycles. The first-order valence-corrected chi connectivity index (χ1v) is 13.8. The highest BCUT2D eigenvalue weighted by Gasteiger charge is 2.41. The van der Waals surface area contributed by atoms with Crippen LogP contribution < -0.4 is 15.0 Å². The van der Waals surface area contributed by atoms with Gasteiger partial charge in [0.05, 0.1) is 17.5 Å². The summed E-state index contributed by atoms with van der Waals surface area (Å²) in [6.45, 7) is 2.15. The number of ether oxygens (including phenoxy) is 1. The Labute approximate surface area is 228 Å². The van der Waals surface area contributed by atoms with Gasteiger partial charge >= 0.3 is 6.18 Å². The molecule has 0 atom stereocenters. The van der Waals surface area contributed by atoms with Crippen LogP contribution in [-0.4, -0.2) is 56.5 Å². The molecular weight excluding hydrogens is 507 g/mol. The van der Waals surface area contributed by atoms with Gasteiger partial charge in [-0.15, -0.1) is 0 Å². The minimum absolute atomic E-state index is 0.0370. The quantitative estimate of drug-likeness (QED) is 0.555. The van der Waals surface area contributed by atoms with Crippen LogP contribution in [0.5, 0.6) is 5.75 Å². The Hall–Kier alpha value is -3.23. The van der Waals surface area contributed by atoms with Gasteiger partial charge in [0.15, 0.2) is 0 Å². The lowest BCUT2D eigenvalue weighted by atomic mass is 9.73. The zero-order chi connectivity index (χ0) is 27.9. The molecule has 1 fully saturated rings. The van der Waals surface area contributed by atoms with Gasteiger partial charge in [0, 0.05) is 38.8 Å². The van der Waals surface area contributed by atoms with Crippen LogP contribution in [0.25, 0.3) is 0 Å². The van der Waals surface area contributed by atoms with Crippen LogP contribution in [-0.2, 0) is 22.2 Å². The molecule has 2 aliphatic rings. The lowest BCUT2D eigenvalue weighted by molar-refractivity contribution is -0.141. The first kappa shape index (κ1) is 28.8. The number of halogens is 3. The zero-order valence-corrected chi connectivity index (χ0v) is 22.6. The third-order valence-corrected chi connectivity index (χ3v) is 8.05. The van der Waals surface area contributed by atoms with Gasteiger partial charge in [-0.2, -0.15) is 13.2 Å². The number of benzene rings is 2. The summed E-state index contributed by atoms with van der Waals surface area (Å²) in [6.07, 6.45) is 1.74. The Morgan fingerprint density at radius 1 is 1.05 bits per heavy atom. The minimum Gasteiger partial charge on any atom is -0.491 e. The molecule has 6 nitrogen and oxygen atoms in total. The number of piperidine rings is 1. The molecule has 0 unspecified atom stereocenters. The summed E-state index contributed by atoms with van der Waals surface area (Å²) in [5.74, 6) is 0.876. The van der Waals surface area contributed by atoms with Crippen molar-refractivity contribution in [3.63, 3.8) is 0 Å². The summed E-state index contributed by atoms with van der Waals surface area (Å²) in [5.41, 5.74) is 0.416. The number of para-hydroxylation sites is 1. The van der Waals surface area contributed by atoms with Gasteiger partial charge in [-0.05, 0) is 61.9 Å². The maximum Gasteiger partial charge on any atom is 0.416 e. The van der Waals surface area contributed by atoms with E-state index in [0.717, 1.165) is 50.0 Å². The second-order valence-electron chi connectivity index (χ2n) is 10.7. The van der Waals surface area contributed by atoms with Crippen molar-refractivity contribution in [1.29, 1.82) is 0 Å². The van der Waals surface area contributed by atoms with Crippen LogP contribution in [0.15, 0.2) is 48.5 Å². The monoisotopic (exact) mass is 545 g/mol. The van der Waals surface area contributed by atoms with E-state index in [0.29, 0.717) is 51.3 Å². The number of carbonyl (C=O) groups is 2.